The average molecular weight is 465 g/mol. The van der Waals surface area contributed by atoms with Crippen LogP contribution in [0.3, 0.4) is 0 Å². The molecular formula is C20H16F5N7O. The van der Waals surface area contributed by atoms with E-state index in [0.29, 0.717) is 11.6 Å². The lowest BCUT2D eigenvalue weighted by Crippen LogP contribution is -2.21. The van der Waals surface area contributed by atoms with Gasteiger partial charge in [0.05, 0.1) is 17.6 Å². The van der Waals surface area contributed by atoms with Crippen LogP contribution in [0.2, 0.25) is 0 Å². The molecule has 0 aliphatic heterocycles. The number of aryl methyl sites for hydroxylation is 1. The second-order valence-electron chi connectivity index (χ2n) is 7.08. The lowest BCUT2D eigenvalue weighted by atomic mass is 10.1. The van der Waals surface area contributed by atoms with Crippen molar-refractivity contribution in [3.63, 3.8) is 0 Å². The summed E-state index contributed by atoms with van der Waals surface area (Å²) in [5.41, 5.74) is -1.24. The molecule has 0 bridgehead atoms. The Bertz CT molecular complexity index is 1320. The molecule has 0 radical (unpaired) electrons. The Morgan fingerprint density at radius 3 is 2.58 bits per heavy atom. The standard InChI is InChI=1S/C20H16F5N7O/c1-10-16-12(17(22)23)6-14(18(24)25)27-19(16)32(29-10)8-15(33)28-20-26-9-31(30-20)7-11-4-2-3-5-13(11)21/h2-6,9,17-18H,7-8H2,1H3,(H,28,30,33). The zero-order valence-corrected chi connectivity index (χ0v) is 17.0. The molecule has 0 fully saturated rings. The van der Waals surface area contributed by atoms with Crippen LogP contribution in [0.4, 0.5) is 27.9 Å². The number of carbonyl (C=O) groups is 1. The maximum absolute atomic E-state index is 13.8. The molecule has 0 saturated heterocycles. The highest BCUT2D eigenvalue weighted by atomic mass is 19.3. The molecule has 0 saturated carbocycles. The minimum absolute atomic E-state index is 0.0786. The molecule has 3 heterocycles. The van der Waals surface area contributed by atoms with Crippen LogP contribution in [0.25, 0.3) is 11.0 Å². The van der Waals surface area contributed by atoms with Crippen molar-refractivity contribution in [1.29, 1.82) is 0 Å². The van der Waals surface area contributed by atoms with Crippen LogP contribution in [0, 0.1) is 12.7 Å². The van der Waals surface area contributed by atoms with Crippen LogP contribution >= 0.6 is 0 Å². The van der Waals surface area contributed by atoms with Crippen LogP contribution in [0.15, 0.2) is 36.7 Å². The number of anilines is 1. The van der Waals surface area contributed by atoms with E-state index in [1.165, 1.54) is 24.0 Å². The van der Waals surface area contributed by atoms with Crippen molar-refractivity contribution in [2.45, 2.75) is 32.9 Å². The fraction of sp³-hybridized carbons (Fsp3) is 0.250. The summed E-state index contributed by atoms with van der Waals surface area (Å²) < 4.78 is 69.2. The molecule has 1 N–H and O–H groups in total. The quantitative estimate of drug-likeness (QED) is 0.416. The Morgan fingerprint density at radius 2 is 1.88 bits per heavy atom. The largest absolute Gasteiger partial charge is 0.292 e. The molecule has 0 aliphatic rings. The fourth-order valence-electron chi connectivity index (χ4n) is 3.33. The van der Waals surface area contributed by atoms with Gasteiger partial charge in [-0.3, -0.25) is 10.1 Å². The predicted molar refractivity (Wildman–Crippen MR) is 106 cm³/mol. The zero-order valence-electron chi connectivity index (χ0n) is 17.0. The zero-order chi connectivity index (χ0) is 23.7. The van der Waals surface area contributed by atoms with Gasteiger partial charge in [0.2, 0.25) is 11.9 Å². The van der Waals surface area contributed by atoms with E-state index in [1.54, 1.807) is 18.2 Å². The molecular weight excluding hydrogens is 449 g/mol. The molecule has 172 valence electrons. The summed E-state index contributed by atoms with van der Waals surface area (Å²) in [6.07, 6.45) is -4.81. The maximum atomic E-state index is 13.8. The van der Waals surface area contributed by atoms with Gasteiger partial charge in [-0.1, -0.05) is 18.2 Å². The van der Waals surface area contributed by atoms with Crippen molar-refractivity contribution in [1.82, 2.24) is 29.5 Å². The molecule has 13 heteroatoms. The normalized spacial score (nSPS) is 11.6. The van der Waals surface area contributed by atoms with Gasteiger partial charge in [0.1, 0.15) is 24.4 Å². The van der Waals surface area contributed by atoms with Gasteiger partial charge in [0.15, 0.2) is 5.65 Å². The number of nitrogens with zero attached hydrogens (tertiary/aromatic N) is 6. The van der Waals surface area contributed by atoms with E-state index in [1.807, 2.05) is 0 Å². The molecule has 0 unspecified atom stereocenters. The molecule has 4 rings (SSSR count). The minimum Gasteiger partial charge on any atom is -0.292 e. The first-order valence-electron chi connectivity index (χ1n) is 9.60. The lowest BCUT2D eigenvalue weighted by molar-refractivity contribution is -0.116. The van der Waals surface area contributed by atoms with Crippen molar-refractivity contribution < 1.29 is 26.7 Å². The number of fused-ring (bicyclic) bond motifs is 1. The minimum atomic E-state index is -3.08. The van der Waals surface area contributed by atoms with Gasteiger partial charge in [0, 0.05) is 11.1 Å². The van der Waals surface area contributed by atoms with E-state index in [-0.39, 0.29) is 29.2 Å². The summed E-state index contributed by atoms with van der Waals surface area (Å²) in [7, 11) is 0. The first-order chi connectivity index (χ1) is 15.7. The average Bonchev–Trinajstić information content (AvgIpc) is 3.32. The molecule has 1 aromatic carbocycles. The van der Waals surface area contributed by atoms with E-state index >= 15 is 0 Å². The highest BCUT2D eigenvalue weighted by Crippen LogP contribution is 2.32. The van der Waals surface area contributed by atoms with Crippen molar-refractivity contribution in [3.8, 4) is 0 Å². The number of rotatable bonds is 7. The summed E-state index contributed by atoms with van der Waals surface area (Å²) in [5.74, 6) is -1.19. The van der Waals surface area contributed by atoms with Crippen LogP contribution in [-0.2, 0) is 17.9 Å². The second kappa shape index (κ2) is 8.92. The molecule has 3 aromatic heterocycles. The molecule has 0 atom stereocenters. The Morgan fingerprint density at radius 1 is 1.12 bits per heavy atom. The van der Waals surface area contributed by atoms with Crippen molar-refractivity contribution in [2.75, 3.05) is 5.32 Å². The summed E-state index contributed by atoms with van der Waals surface area (Å²) in [6, 6.07) is 6.74. The first kappa shape index (κ1) is 22.3. The Balaban J connectivity index is 1.54. The summed E-state index contributed by atoms with van der Waals surface area (Å²) in [4.78, 5) is 20.1. The highest BCUT2D eigenvalue weighted by molar-refractivity contribution is 5.90. The van der Waals surface area contributed by atoms with Gasteiger partial charge in [-0.05, 0) is 19.1 Å². The van der Waals surface area contributed by atoms with Crippen molar-refractivity contribution in [3.05, 3.63) is 65.0 Å². The van der Waals surface area contributed by atoms with Crippen LogP contribution in [-0.4, -0.2) is 35.4 Å². The lowest BCUT2D eigenvalue weighted by Gasteiger charge is -2.08. The summed E-state index contributed by atoms with van der Waals surface area (Å²) in [5, 5.41) is 10.4. The topological polar surface area (TPSA) is 90.5 Å². The molecule has 33 heavy (non-hydrogen) atoms. The number of amides is 1. The maximum Gasteiger partial charge on any atom is 0.280 e. The highest BCUT2D eigenvalue weighted by Gasteiger charge is 2.24. The third-order valence-corrected chi connectivity index (χ3v) is 4.76. The first-order valence-corrected chi connectivity index (χ1v) is 9.60. The number of hydrogen-bond donors (Lipinski definition) is 1. The fourth-order valence-corrected chi connectivity index (χ4v) is 3.33. The van der Waals surface area contributed by atoms with E-state index in [9.17, 15) is 26.7 Å². The summed E-state index contributed by atoms with van der Waals surface area (Å²) >= 11 is 0. The molecule has 8 nitrogen and oxygen atoms in total. The van der Waals surface area contributed by atoms with Crippen LogP contribution < -0.4 is 5.32 Å². The van der Waals surface area contributed by atoms with Gasteiger partial charge in [-0.25, -0.2) is 41.3 Å². The Labute approximate surface area is 183 Å². The van der Waals surface area contributed by atoms with Gasteiger partial charge in [0.25, 0.3) is 12.9 Å². The molecule has 0 spiro atoms. The van der Waals surface area contributed by atoms with Gasteiger partial charge < -0.3 is 0 Å². The number of carbonyl (C=O) groups excluding carboxylic acids is 1. The van der Waals surface area contributed by atoms with E-state index in [0.717, 1.165) is 4.68 Å². The van der Waals surface area contributed by atoms with Crippen molar-refractivity contribution in [2.24, 2.45) is 0 Å². The predicted octanol–water partition coefficient (Wildman–Crippen LogP) is 4.03. The molecule has 0 aliphatic carbocycles. The number of halogens is 5. The van der Waals surface area contributed by atoms with Gasteiger partial charge in [-0.15, -0.1) is 5.10 Å². The third-order valence-electron chi connectivity index (χ3n) is 4.76. The third kappa shape index (κ3) is 4.66. The number of hydrogen-bond acceptors (Lipinski definition) is 5. The van der Waals surface area contributed by atoms with Crippen molar-refractivity contribution >= 4 is 22.9 Å². The van der Waals surface area contributed by atoms with E-state index < -0.39 is 42.4 Å². The molecule has 4 aromatic rings. The Kier molecular flexibility index (Phi) is 6.03. The van der Waals surface area contributed by atoms with Crippen LogP contribution in [0.1, 0.15) is 35.4 Å². The van der Waals surface area contributed by atoms with Gasteiger partial charge >= 0.3 is 0 Å². The number of aromatic nitrogens is 6. The number of nitrogens with one attached hydrogen (secondary N) is 1. The molecule has 1 amide bonds. The van der Waals surface area contributed by atoms with E-state index in [2.05, 4.69) is 25.5 Å². The number of pyridine rings is 1. The second-order valence-corrected chi connectivity index (χ2v) is 7.08. The monoisotopic (exact) mass is 465 g/mol. The Hall–Kier alpha value is -3.90. The van der Waals surface area contributed by atoms with Gasteiger partial charge in [-0.2, -0.15) is 5.10 Å². The number of benzene rings is 1. The SMILES string of the molecule is Cc1nn(CC(=O)Nc2ncn(Cc3ccccc3F)n2)c2nc(C(F)F)cc(C(F)F)c12. The number of alkyl halides is 4. The van der Waals surface area contributed by atoms with E-state index in [4.69, 9.17) is 0 Å². The smallest absolute Gasteiger partial charge is 0.280 e. The van der Waals surface area contributed by atoms with Crippen LogP contribution in [0.5, 0.6) is 0 Å². The summed E-state index contributed by atoms with van der Waals surface area (Å²) in [6.45, 7) is 0.988.